The van der Waals surface area contributed by atoms with Crippen LogP contribution in [0.4, 0.5) is 0 Å². The minimum absolute atomic E-state index is 0.0627. The Morgan fingerprint density at radius 1 is 0.706 bits per heavy atom. The number of Topliss-reactive ketones (excluding diaryl/α,β-unsaturated/α-hetero) is 2. The fraction of sp³-hybridized carbons (Fsp3) is 0.471. The van der Waals surface area contributed by atoms with Crippen molar-refractivity contribution in [2.75, 3.05) is 27.2 Å². The number of ketones is 2. The number of likely N-dealkylation sites (tertiary alicyclic amines) is 2. The zero-order valence-corrected chi connectivity index (χ0v) is 28.1. The Balaban J connectivity index is 0.000000130. The minimum Gasteiger partial charge on any atom is -0.504 e. The molecule has 0 aromatic heterocycles. The zero-order chi connectivity index (χ0) is 36.8. The van der Waals surface area contributed by atoms with E-state index in [1.54, 1.807) is 24.3 Å². The summed E-state index contributed by atoms with van der Waals surface area (Å²) in [6.07, 6.45) is 3.98. The van der Waals surface area contributed by atoms with Gasteiger partial charge in [-0.2, -0.15) is 8.42 Å². The summed E-state index contributed by atoms with van der Waals surface area (Å²) in [5, 5.41) is 64.3. The van der Waals surface area contributed by atoms with Gasteiger partial charge in [0.2, 0.25) is 0 Å². The van der Waals surface area contributed by atoms with Gasteiger partial charge in [0.1, 0.15) is 47.7 Å². The topological polar surface area (TPSA) is 255 Å². The van der Waals surface area contributed by atoms with Crippen LogP contribution in [0, 0.1) is 0 Å². The lowest BCUT2D eigenvalue weighted by Gasteiger charge is -2.60. The van der Waals surface area contributed by atoms with E-state index >= 15 is 0 Å². The average Bonchev–Trinajstić information content (AvgIpc) is 3.59. The van der Waals surface area contributed by atoms with Gasteiger partial charge in [0.05, 0.1) is 10.8 Å². The first-order chi connectivity index (χ1) is 23.8. The number of carbonyl (C=O) groups excluding carboxylic acids is 2. The number of aromatic hydroxyl groups is 2. The van der Waals surface area contributed by atoms with Crippen molar-refractivity contribution < 1.29 is 67.2 Å². The summed E-state index contributed by atoms with van der Waals surface area (Å²) in [5.41, 5.74) is -2.65. The van der Waals surface area contributed by atoms with Crippen LogP contribution in [0.2, 0.25) is 0 Å². The average molecular weight is 729 g/mol. The molecule has 2 spiro atoms. The molecular weight excluding hydrogens is 692 g/mol. The maximum atomic E-state index is 13.0. The first-order valence-corrected chi connectivity index (χ1v) is 17.7. The number of hydrogen-bond donors (Lipinski definition) is 8. The van der Waals surface area contributed by atoms with Gasteiger partial charge < -0.3 is 40.1 Å². The molecule has 0 unspecified atom stereocenters. The number of phenolic OH excluding ortho intramolecular Hbond substituents is 2. The molecule has 0 amide bonds. The number of rotatable bonds is 0. The number of phenols is 2. The number of ether oxygens (including phenoxy) is 2. The van der Waals surface area contributed by atoms with Crippen LogP contribution in [0.3, 0.4) is 0 Å². The third-order valence-electron chi connectivity index (χ3n) is 12.2. The van der Waals surface area contributed by atoms with E-state index in [9.17, 15) is 40.2 Å². The van der Waals surface area contributed by atoms with Crippen LogP contribution in [0.5, 0.6) is 23.0 Å². The molecule has 0 saturated carbocycles. The molecule has 8 aliphatic rings. The highest BCUT2D eigenvalue weighted by Gasteiger charge is 2.75. The van der Waals surface area contributed by atoms with Crippen molar-refractivity contribution in [2.24, 2.45) is 0 Å². The molecule has 4 heterocycles. The molecule has 10 rings (SSSR count). The Morgan fingerprint density at radius 3 is 1.41 bits per heavy atom. The van der Waals surface area contributed by atoms with Crippen LogP contribution in [-0.2, 0) is 21.2 Å². The van der Waals surface area contributed by atoms with Crippen molar-refractivity contribution >= 4 is 22.0 Å². The van der Waals surface area contributed by atoms with E-state index in [4.69, 9.17) is 27.0 Å². The molecule has 4 bridgehead atoms. The lowest BCUT2D eigenvalue weighted by molar-refractivity contribution is -0.138. The van der Waals surface area contributed by atoms with E-state index < -0.39 is 68.9 Å². The molecule has 0 radical (unpaired) electrons. The number of hydrogen-bond acceptors (Lipinski definition) is 14. The molecule has 4 aliphatic heterocycles. The van der Waals surface area contributed by atoms with Crippen LogP contribution in [0.25, 0.3) is 0 Å². The van der Waals surface area contributed by atoms with E-state index in [2.05, 4.69) is 0 Å². The number of benzene rings is 2. The summed E-state index contributed by atoms with van der Waals surface area (Å²) in [6.45, 7) is 1.21. The lowest BCUT2D eigenvalue weighted by atomic mass is 9.50. The number of nitrogens with zero attached hydrogens (tertiary/aromatic N) is 2. The number of carbonyl (C=O) groups is 2. The third kappa shape index (κ3) is 4.09. The van der Waals surface area contributed by atoms with Gasteiger partial charge in [-0.05, 0) is 64.3 Å². The summed E-state index contributed by atoms with van der Waals surface area (Å²) in [7, 11) is -1.02. The van der Waals surface area contributed by atoms with Gasteiger partial charge in [-0.25, -0.2) is 0 Å². The maximum Gasteiger partial charge on any atom is 0.394 e. The molecule has 272 valence electrons. The fourth-order valence-corrected chi connectivity index (χ4v) is 10.3. The second kappa shape index (κ2) is 10.6. The van der Waals surface area contributed by atoms with Crippen molar-refractivity contribution in [3.8, 4) is 23.0 Å². The maximum absolute atomic E-state index is 13.0. The predicted molar refractivity (Wildman–Crippen MR) is 174 cm³/mol. The monoisotopic (exact) mass is 728 g/mol. The van der Waals surface area contributed by atoms with Gasteiger partial charge in [0.25, 0.3) is 0 Å². The smallest absolute Gasteiger partial charge is 0.394 e. The standard InChI is InChI=1S/2C17H17NO5.H2O4S/c2*1-18-7-6-16-11-8-2-3-9(19)13(11)23-15(16)10(20)4-5-17(16,22)14(18)12(8)21;1-5(2,3)4/h2*2-5,10,14-15,19-20,22H,6-7H2,1H3;(H2,1,2,3,4)/t2*10-,14+,15-,16-,17+;/m00./s1. The van der Waals surface area contributed by atoms with Crippen molar-refractivity contribution in [2.45, 2.75) is 71.4 Å². The molecule has 2 fully saturated rings. The quantitative estimate of drug-likeness (QED) is 0.123. The highest BCUT2D eigenvalue weighted by atomic mass is 32.3. The molecule has 10 atom stereocenters. The van der Waals surface area contributed by atoms with Crippen molar-refractivity contribution in [1.82, 2.24) is 9.80 Å². The van der Waals surface area contributed by atoms with Gasteiger partial charge in [-0.15, -0.1) is 0 Å². The predicted octanol–water partition coefficient (Wildman–Crippen LogP) is -0.746. The highest BCUT2D eigenvalue weighted by molar-refractivity contribution is 7.79. The Kier molecular flexibility index (Phi) is 7.10. The summed E-state index contributed by atoms with van der Waals surface area (Å²) < 4.78 is 43.4. The lowest BCUT2D eigenvalue weighted by Crippen LogP contribution is -2.76. The Bertz CT molecular complexity index is 1950. The molecule has 16 nitrogen and oxygen atoms in total. The molecule has 2 saturated heterocycles. The van der Waals surface area contributed by atoms with Crippen molar-refractivity contribution in [1.29, 1.82) is 0 Å². The summed E-state index contributed by atoms with van der Waals surface area (Å²) in [5.74, 6) is -0.0201. The van der Waals surface area contributed by atoms with E-state index in [1.165, 1.54) is 24.3 Å². The van der Waals surface area contributed by atoms with Gasteiger partial charge in [0, 0.05) is 22.3 Å². The Morgan fingerprint density at radius 2 is 1.06 bits per heavy atom. The molecule has 2 aromatic carbocycles. The number of piperidine rings is 2. The Hall–Kier alpha value is -3.91. The third-order valence-corrected chi connectivity index (χ3v) is 12.2. The van der Waals surface area contributed by atoms with E-state index in [-0.39, 0.29) is 34.6 Å². The minimum atomic E-state index is -4.67. The summed E-state index contributed by atoms with van der Waals surface area (Å²) in [6, 6.07) is 4.66. The first kappa shape index (κ1) is 34.2. The van der Waals surface area contributed by atoms with Gasteiger partial charge >= 0.3 is 10.4 Å². The molecule has 8 N–H and O–H groups in total. The first-order valence-electron chi connectivity index (χ1n) is 16.3. The van der Waals surface area contributed by atoms with Crippen LogP contribution in [0.1, 0.15) is 44.7 Å². The zero-order valence-electron chi connectivity index (χ0n) is 27.2. The number of likely N-dealkylation sites (N-methyl/N-ethyl adjacent to an activating group) is 2. The second-order valence-electron chi connectivity index (χ2n) is 14.5. The van der Waals surface area contributed by atoms with Gasteiger partial charge in [-0.1, -0.05) is 24.3 Å². The van der Waals surface area contributed by atoms with E-state index in [0.29, 0.717) is 48.2 Å². The fourth-order valence-electron chi connectivity index (χ4n) is 10.3. The van der Waals surface area contributed by atoms with Gasteiger partial charge in [-0.3, -0.25) is 28.5 Å². The summed E-state index contributed by atoms with van der Waals surface area (Å²) >= 11 is 0. The molecule has 17 heteroatoms. The van der Waals surface area contributed by atoms with E-state index in [0.717, 1.165) is 0 Å². The van der Waals surface area contributed by atoms with Crippen LogP contribution in [-0.4, -0.2) is 144 Å². The van der Waals surface area contributed by atoms with Crippen LogP contribution < -0.4 is 9.47 Å². The van der Waals surface area contributed by atoms with Crippen LogP contribution >= 0.6 is 0 Å². The number of aliphatic hydroxyl groups is 4. The van der Waals surface area contributed by atoms with Crippen molar-refractivity contribution in [3.63, 3.8) is 0 Å². The normalized spacial score (nSPS) is 40.2. The van der Waals surface area contributed by atoms with Crippen LogP contribution in [0.15, 0.2) is 48.6 Å². The summed E-state index contributed by atoms with van der Waals surface area (Å²) in [4.78, 5) is 29.8. The SMILES string of the molecule is CN1CC[C@]23c4c5ccc(O)c4O[C@H]2[C@@H](O)C=C[C@@]3(O)[C@H]1C5=O.CN1CC[C@]23c4c5ccc(O)c4O[C@H]2[C@@H](O)C=C[C@@]3(O)[C@H]1C5=O.O=S(=O)(O)O. The molecule has 2 aromatic rings. The van der Waals surface area contributed by atoms with Gasteiger partial charge in [0.15, 0.2) is 34.6 Å². The largest absolute Gasteiger partial charge is 0.504 e. The highest BCUT2D eigenvalue weighted by Crippen LogP contribution is 2.65. The molecule has 4 aliphatic carbocycles. The van der Waals surface area contributed by atoms with E-state index in [1.807, 2.05) is 23.9 Å². The molecule has 51 heavy (non-hydrogen) atoms. The second-order valence-corrected chi connectivity index (χ2v) is 15.4. The molecular formula is C34H36N2O14S. The van der Waals surface area contributed by atoms with Crippen molar-refractivity contribution in [3.05, 3.63) is 70.8 Å². The number of aliphatic hydroxyl groups excluding tert-OH is 2. The Labute approximate surface area is 291 Å².